The van der Waals surface area contributed by atoms with Crippen LogP contribution in [0.5, 0.6) is 11.6 Å². The van der Waals surface area contributed by atoms with E-state index in [1.165, 1.54) is 0 Å². The van der Waals surface area contributed by atoms with E-state index in [0.717, 1.165) is 65.6 Å². The van der Waals surface area contributed by atoms with Crippen LogP contribution in [-0.4, -0.2) is 102 Å². The largest absolute Gasteiger partial charge is 0.489 e. The Balaban J connectivity index is 1.21. The predicted molar refractivity (Wildman–Crippen MR) is 194 cm³/mol. The summed E-state index contributed by atoms with van der Waals surface area (Å²) in [5.74, 6) is -1.41. The number of halogens is 3. The molecule has 1 aromatic heterocycles. The maximum atomic E-state index is 14.9. The van der Waals surface area contributed by atoms with E-state index in [1.807, 2.05) is 42.2 Å². The van der Waals surface area contributed by atoms with Crippen molar-refractivity contribution in [2.75, 3.05) is 53.2 Å². The van der Waals surface area contributed by atoms with Crippen LogP contribution in [0.25, 0.3) is 5.57 Å². The molecule has 55 heavy (non-hydrogen) atoms. The number of rotatable bonds is 18. The molecule has 296 valence electrons. The number of aryl methyl sites for hydroxylation is 1. The highest BCUT2D eigenvalue weighted by Crippen LogP contribution is 2.59. The quantitative estimate of drug-likeness (QED) is 0.0824. The zero-order valence-corrected chi connectivity index (χ0v) is 31.5. The Bertz CT molecular complexity index is 1870. The molecule has 16 heteroatoms. The van der Waals surface area contributed by atoms with Crippen molar-refractivity contribution in [1.82, 2.24) is 20.2 Å². The molecule has 2 N–H and O–H groups in total. The fourth-order valence-electron chi connectivity index (χ4n) is 6.96. The van der Waals surface area contributed by atoms with E-state index in [0.29, 0.717) is 37.4 Å². The van der Waals surface area contributed by atoms with Gasteiger partial charge in [-0.1, -0.05) is 35.9 Å². The van der Waals surface area contributed by atoms with E-state index in [1.54, 1.807) is 18.2 Å². The molecule has 3 aliphatic rings. The lowest BCUT2D eigenvalue weighted by Crippen LogP contribution is -2.46. The second kappa shape index (κ2) is 18.0. The highest BCUT2D eigenvalue weighted by molar-refractivity contribution is 6.32. The van der Waals surface area contributed by atoms with Crippen molar-refractivity contribution >= 4 is 29.2 Å². The summed E-state index contributed by atoms with van der Waals surface area (Å²) in [7, 11) is 1.56. The van der Waals surface area contributed by atoms with Gasteiger partial charge in [0.15, 0.2) is 11.6 Å². The van der Waals surface area contributed by atoms with E-state index in [-0.39, 0.29) is 62.3 Å². The van der Waals surface area contributed by atoms with Crippen molar-refractivity contribution in [3.63, 3.8) is 0 Å². The maximum absolute atomic E-state index is 14.9. The van der Waals surface area contributed by atoms with Crippen LogP contribution in [0, 0.1) is 24.0 Å². The molecule has 0 atom stereocenters. The molecule has 0 bridgehead atoms. The van der Waals surface area contributed by atoms with Crippen LogP contribution in [0.15, 0.2) is 54.2 Å². The molecule has 2 aliphatic carbocycles. The highest BCUT2D eigenvalue weighted by atomic mass is 35.5. The lowest BCUT2D eigenvalue weighted by molar-refractivity contribution is -0.493. The van der Waals surface area contributed by atoms with Gasteiger partial charge < -0.3 is 28.7 Å². The van der Waals surface area contributed by atoms with Crippen molar-refractivity contribution in [3.05, 3.63) is 93.1 Å². The predicted octanol–water partition coefficient (Wildman–Crippen LogP) is 6.55. The van der Waals surface area contributed by atoms with Crippen LogP contribution < -0.4 is 9.47 Å². The second-order valence-electron chi connectivity index (χ2n) is 13.9. The Kier molecular flexibility index (Phi) is 13.2. The Hall–Kier alpha value is -4.38. The van der Waals surface area contributed by atoms with Crippen molar-refractivity contribution in [3.8, 4) is 11.6 Å². The number of benzene rings is 2. The molecule has 2 amide bonds. The van der Waals surface area contributed by atoms with Gasteiger partial charge in [-0.05, 0) is 85.9 Å². The first-order valence-electron chi connectivity index (χ1n) is 18.2. The Morgan fingerprint density at radius 1 is 1.00 bits per heavy atom. The van der Waals surface area contributed by atoms with Crippen LogP contribution in [0.3, 0.4) is 0 Å². The van der Waals surface area contributed by atoms with Crippen molar-refractivity contribution in [1.29, 1.82) is 0 Å². The number of aromatic nitrogens is 1. The lowest BCUT2D eigenvalue weighted by Gasteiger charge is -2.38. The Labute approximate surface area is 322 Å². The molecule has 13 nitrogen and oxygen atoms in total. The van der Waals surface area contributed by atoms with E-state index in [4.69, 9.17) is 41.0 Å². The molecular weight excluding hydrogens is 742 g/mol. The van der Waals surface area contributed by atoms with Gasteiger partial charge in [0.25, 0.3) is 5.91 Å². The fraction of sp³-hybridized carbons (Fsp3) is 0.462. The molecule has 1 aliphatic heterocycles. The average Bonchev–Trinajstić information content (AvgIpc) is 4.13. The molecule has 2 fully saturated rings. The second-order valence-corrected chi connectivity index (χ2v) is 14.3. The number of hydrogen-bond acceptors (Lipinski definition) is 11. The van der Waals surface area contributed by atoms with E-state index >= 15 is 0 Å². The van der Waals surface area contributed by atoms with Crippen LogP contribution >= 0.6 is 11.6 Å². The average molecular weight is 787 g/mol. The number of nitrogens with zero attached hydrogens (tertiary/aromatic N) is 4. The summed E-state index contributed by atoms with van der Waals surface area (Å²) >= 11 is 5.90. The smallest absolute Gasteiger partial charge is 0.410 e. The highest BCUT2D eigenvalue weighted by Gasteiger charge is 2.54. The minimum absolute atomic E-state index is 0.0434. The molecule has 0 saturated heterocycles. The zero-order valence-electron chi connectivity index (χ0n) is 30.8. The molecule has 2 aromatic carbocycles. The third-order valence-corrected chi connectivity index (χ3v) is 10.4. The van der Waals surface area contributed by atoms with Gasteiger partial charge in [0.05, 0.1) is 45.5 Å². The summed E-state index contributed by atoms with van der Waals surface area (Å²) in [5.41, 5.74) is 4.74. The van der Waals surface area contributed by atoms with Crippen molar-refractivity contribution < 1.29 is 52.6 Å². The Morgan fingerprint density at radius 3 is 2.42 bits per heavy atom. The van der Waals surface area contributed by atoms with Crippen LogP contribution in [0.1, 0.15) is 54.4 Å². The Morgan fingerprint density at radius 2 is 1.73 bits per heavy atom. The molecule has 0 unspecified atom stereocenters. The summed E-state index contributed by atoms with van der Waals surface area (Å²) in [5, 5.41) is 16.5. The zero-order chi connectivity index (χ0) is 39.1. The molecule has 0 radical (unpaired) electrons. The van der Waals surface area contributed by atoms with Crippen molar-refractivity contribution in [2.24, 2.45) is 5.41 Å². The molecule has 6 rings (SSSR count). The first-order chi connectivity index (χ1) is 26.5. The van der Waals surface area contributed by atoms with Gasteiger partial charge in [-0.15, -0.1) is 0 Å². The van der Waals surface area contributed by atoms with Crippen LogP contribution in [-0.2, 0) is 32.1 Å². The van der Waals surface area contributed by atoms with Crippen molar-refractivity contribution in [2.45, 2.75) is 58.0 Å². The summed E-state index contributed by atoms with van der Waals surface area (Å²) in [4.78, 5) is 40.6. The topological polar surface area (TPSA) is 143 Å². The van der Waals surface area contributed by atoms with Gasteiger partial charge in [0.1, 0.15) is 17.4 Å². The number of carbonyl (C=O) groups is 2. The summed E-state index contributed by atoms with van der Waals surface area (Å²) in [6.07, 6.45) is 5.58. The number of pyridine rings is 1. The van der Waals surface area contributed by atoms with Gasteiger partial charge in [0.2, 0.25) is 5.88 Å². The first-order valence-corrected chi connectivity index (χ1v) is 18.6. The molecular formula is C39H45ClF2N4O9. The maximum Gasteiger partial charge on any atom is 0.410 e. The van der Waals surface area contributed by atoms with Crippen LogP contribution in [0.4, 0.5) is 13.6 Å². The number of methoxy groups -OCH3 is 1. The molecule has 2 saturated carbocycles. The number of ether oxygens (including phenoxy) is 4. The van der Waals surface area contributed by atoms with Crippen LogP contribution in [0.2, 0.25) is 5.02 Å². The SMILES string of the molecule is COc1nccc(CN(C(=O)C2=C(c3ccc(CCCOc4c(F)ccc(F)c4Cl)cc3)C3(CC3)CN(C(=O)OCCOCCON(O)O)C2)C2CC2)c1C. The summed E-state index contributed by atoms with van der Waals surface area (Å²) < 4.78 is 49.8. The van der Waals surface area contributed by atoms with Gasteiger partial charge in [-0.2, -0.15) is 0 Å². The van der Waals surface area contributed by atoms with Gasteiger partial charge >= 0.3 is 6.09 Å². The third kappa shape index (κ3) is 9.90. The first kappa shape index (κ1) is 40.3. The minimum atomic E-state index is -0.752. The molecule has 1 spiro atoms. The van der Waals surface area contributed by atoms with E-state index < -0.39 is 28.5 Å². The minimum Gasteiger partial charge on any atom is -0.489 e. The number of hydrogen-bond donors (Lipinski definition) is 2. The van der Waals surface area contributed by atoms with E-state index in [2.05, 4.69) is 9.82 Å². The number of carbonyl (C=O) groups excluding carboxylic acids is 2. The number of amides is 2. The summed E-state index contributed by atoms with van der Waals surface area (Å²) in [6.45, 7) is 2.82. The fourth-order valence-corrected chi connectivity index (χ4v) is 7.17. The summed E-state index contributed by atoms with van der Waals surface area (Å²) in [6, 6.07) is 11.9. The van der Waals surface area contributed by atoms with Gasteiger partial charge in [-0.3, -0.25) is 15.2 Å². The van der Waals surface area contributed by atoms with E-state index in [9.17, 15) is 18.4 Å². The van der Waals surface area contributed by atoms with Gasteiger partial charge in [-0.25, -0.2) is 23.4 Å². The lowest BCUT2D eigenvalue weighted by atomic mass is 9.81. The normalized spacial score (nSPS) is 16.1. The van der Waals surface area contributed by atoms with Gasteiger partial charge in [0, 0.05) is 41.9 Å². The third-order valence-electron chi connectivity index (χ3n) is 10.1. The molecule has 2 heterocycles. The molecule has 3 aromatic rings. The monoisotopic (exact) mass is 786 g/mol. The standard InChI is InChI=1S/C39H45ClF2N4O9/c1-25-28(13-16-43-36(25)51-2)22-45(29-9-10-29)37(47)30-23-44(38(48)54-20-18-52-19-21-55-46(49)50)24-39(14-15-39)33(30)27-7-5-26(6-8-27)4-3-17-53-35-32(42)12-11-31(41)34(35)40/h5-8,11-13,16,29,49-50H,3-4,9-10,14-15,17-24H2,1-2H3.